The van der Waals surface area contributed by atoms with E-state index in [4.69, 9.17) is 4.74 Å². The van der Waals surface area contributed by atoms with Crippen LogP contribution in [0.25, 0.3) is 0 Å². The molecule has 0 aliphatic rings. The van der Waals surface area contributed by atoms with Crippen molar-refractivity contribution in [2.24, 2.45) is 0 Å². The quantitative estimate of drug-likeness (QED) is 0.558. The number of hydrogen-bond donors (Lipinski definition) is 0. The largest absolute Gasteiger partial charge is 0.489 e. The average Bonchev–Trinajstić information content (AvgIpc) is 2.46. The fourth-order valence-electron chi connectivity index (χ4n) is 2.02. The normalized spacial score (nSPS) is 10.3. The number of benzene rings is 2. The van der Waals surface area contributed by atoms with Gasteiger partial charge in [-0.1, -0.05) is 37.3 Å². The van der Waals surface area contributed by atoms with E-state index in [1.54, 1.807) is 6.92 Å². The lowest BCUT2D eigenvalue weighted by atomic mass is 10.1. The van der Waals surface area contributed by atoms with Gasteiger partial charge in [-0.3, -0.25) is 4.79 Å². The smallest absolute Gasteiger partial charge is 0.160 e. The first kappa shape index (κ1) is 15.0. The Morgan fingerprint density at radius 3 is 2.50 bits per heavy atom. The highest BCUT2D eigenvalue weighted by molar-refractivity contribution is 14.1. The molecule has 3 heteroatoms. The van der Waals surface area contributed by atoms with E-state index >= 15 is 0 Å². The molecule has 0 fully saturated rings. The van der Waals surface area contributed by atoms with Gasteiger partial charge in [-0.2, -0.15) is 0 Å². The van der Waals surface area contributed by atoms with Gasteiger partial charge < -0.3 is 4.74 Å². The van der Waals surface area contributed by atoms with E-state index in [9.17, 15) is 4.79 Å². The maximum absolute atomic E-state index is 11.6. The van der Waals surface area contributed by atoms with Gasteiger partial charge in [0.05, 0.1) is 0 Å². The fourth-order valence-corrected chi connectivity index (χ4v) is 2.83. The molecule has 0 saturated carbocycles. The molecule has 0 radical (unpaired) electrons. The van der Waals surface area contributed by atoms with Crippen molar-refractivity contribution < 1.29 is 9.53 Å². The first-order valence-electron chi connectivity index (χ1n) is 6.62. The average molecular weight is 380 g/mol. The predicted molar refractivity (Wildman–Crippen MR) is 89.3 cm³/mol. The summed E-state index contributed by atoms with van der Waals surface area (Å²) in [4.78, 5) is 11.6. The summed E-state index contributed by atoms with van der Waals surface area (Å²) in [6.07, 6.45) is 0.849. The maximum Gasteiger partial charge on any atom is 0.160 e. The predicted octanol–water partition coefficient (Wildman–Crippen LogP) is 4.64. The summed E-state index contributed by atoms with van der Waals surface area (Å²) in [5, 5.41) is 0. The van der Waals surface area contributed by atoms with Crippen LogP contribution < -0.4 is 4.74 Å². The van der Waals surface area contributed by atoms with Crippen LogP contribution in [0.5, 0.6) is 5.75 Å². The fraction of sp³-hybridized carbons (Fsp3) is 0.235. The summed E-state index contributed by atoms with van der Waals surface area (Å²) in [7, 11) is 0. The van der Waals surface area contributed by atoms with Crippen molar-refractivity contribution in [3.05, 3.63) is 62.7 Å². The van der Waals surface area contributed by atoms with E-state index in [1.165, 1.54) is 0 Å². The Morgan fingerprint density at radius 2 is 1.90 bits per heavy atom. The summed E-state index contributed by atoms with van der Waals surface area (Å²) >= 11 is 2.19. The molecule has 0 unspecified atom stereocenters. The van der Waals surface area contributed by atoms with Gasteiger partial charge in [0.2, 0.25) is 0 Å². The van der Waals surface area contributed by atoms with Crippen molar-refractivity contribution in [3.8, 4) is 5.75 Å². The standard InChI is InChI=1S/C17H17IO2/c1-3-14-9-15(12(2)19)16(18)10-17(14)20-11-13-7-5-4-6-8-13/h4-10H,3,11H2,1-2H3. The molecule has 0 aromatic heterocycles. The van der Waals surface area contributed by atoms with Crippen molar-refractivity contribution in [1.29, 1.82) is 0 Å². The van der Waals surface area contributed by atoms with Gasteiger partial charge in [0.25, 0.3) is 0 Å². The minimum Gasteiger partial charge on any atom is -0.489 e. The Morgan fingerprint density at radius 1 is 1.20 bits per heavy atom. The molecule has 0 N–H and O–H groups in total. The second-order valence-electron chi connectivity index (χ2n) is 4.62. The van der Waals surface area contributed by atoms with E-state index < -0.39 is 0 Å². The second kappa shape index (κ2) is 6.88. The minimum atomic E-state index is 0.0960. The zero-order chi connectivity index (χ0) is 14.5. The van der Waals surface area contributed by atoms with Gasteiger partial charge in [-0.05, 0) is 59.2 Å². The molecule has 2 nitrogen and oxygen atoms in total. The van der Waals surface area contributed by atoms with Crippen molar-refractivity contribution >= 4 is 28.4 Å². The highest BCUT2D eigenvalue weighted by Crippen LogP contribution is 2.27. The molecule has 20 heavy (non-hydrogen) atoms. The van der Waals surface area contributed by atoms with Crippen molar-refractivity contribution in [3.63, 3.8) is 0 Å². The van der Waals surface area contributed by atoms with Gasteiger partial charge in [-0.15, -0.1) is 0 Å². The number of ether oxygens (including phenoxy) is 1. The van der Waals surface area contributed by atoms with Crippen LogP contribution >= 0.6 is 22.6 Å². The van der Waals surface area contributed by atoms with Gasteiger partial charge in [0.1, 0.15) is 12.4 Å². The summed E-state index contributed by atoms with van der Waals surface area (Å²) in [5.74, 6) is 0.962. The van der Waals surface area contributed by atoms with E-state index in [1.807, 2.05) is 42.5 Å². The molecular formula is C17H17IO2. The molecular weight excluding hydrogens is 363 g/mol. The van der Waals surface area contributed by atoms with Crippen LogP contribution in [-0.4, -0.2) is 5.78 Å². The molecule has 0 heterocycles. The Kier molecular flexibility index (Phi) is 5.17. The first-order valence-corrected chi connectivity index (χ1v) is 7.69. The Hall–Kier alpha value is -1.36. The third-order valence-corrected chi connectivity index (χ3v) is 4.04. The molecule has 2 aromatic rings. The zero-order valence-corrected chi connectivity index (χ0v) is 13.8. The maximum atomic E-state index is 11.6. The molecule has 0 saturated heterocycles. The van der Waals surface area contributed by atoms with Crippen LogP contribution in [0.4, 0.5) is 0 Å². The SMILES string of the molecule is CCc1cc(C(C)=O)c(I)cc1OCc1ccccc1. The molecule has 104 valence electrons. The van der Waals surface area contributed by atoms with Crippen LogP contribution in [0.15, 0.2) is 42.5 Å². The van der Waals surface area contributed by atoms with E-state index in [0.717, 1.165) is 32.4 Å². The van der Waals surface area contributed by atoms with Crippen molar-refractivity contribution in [2.45, 2.75) is 26.9 Å². The molecule has 0 aliphatic heterocycles. The Balaban J connectivity index is 2.23. The summed E-state index contributed by atoms with van der Waals surface area (Å²) in [6, 6.07) is 14.0. The molecule has 0 aliphatic carbocycles. The topological polar surface area (TPSA) is 26.3 Å². The molecule has 2 rings (SSSR count). The molecule has 0 spiro atoms. The molecule has 0 amide bonds. The van der Waals surface area contributed by atoms with Crippen LogP contribution in [-0.2, 0) is 13.0 Å². The second-order valence-corrected chi connectivity index (χ2v) is 5.79. The van der Waals surface area contributed by atoms with E-state index in [-0.39, 0.29) is 5.78 Å². The monoisotopic (exact) mass is 380 g/mol. The van der Waals surface area contributed by atoms with Crippen LogP contribution in [0, 0.1) is 3.57 Å². The first-order chi connectivity index (χ1) is 9.61. The van der Waals surface area contributed by atoms with Crippen molar-refractivity contribution in [1.82, 2.24) is 0 Å². The summed E-state index contributed by atoms with van der Waals surface area (Å²) < 4.78 is 6.85. The number of carbonyl (C=O) groups is 1. The lowest BCUT2D eigenvalue weighted by Gasteiger charge is -2.13. The number of Topliss-reactive ketones (excluding diaryl/α,β-unsaturated/α-hetero) is 1. The summed E-state index contributed by atoms with van der Waals surface area (Å²) in [5.41, 5.74) is 2.99. The third kappa shape index (κ3) is 3.60. The van der Waals surface area contributed by atoms with E-state index in [0.29, 0.717) is 6.61 Å². The van der Waals surface area contributed by atoms with Gasteiger partial charge >= 0.3 is 0 Å². The number of aryl methyl sites for hydroxylation is 1. The minimum absolute atomic E-state index is 0.0960. The number of halogens is 1. The zero-order valence-electron chi connectivity index (χ0n) is 11.7. The number of carbonyl (C=O) groups excluding carboxylic acids is 1. The Labute approximate surface area is 133 Å². The lowest BCUT2D eigenvalue weighted by Crippen LogP contribution is -2.03. The van der Waals surface area contributed by atoms with E-state index in [2.05, 4.69) is 29.5 Å². The molecule has 2 aromatic carbocycles. The Bertz CT molecular complexity index is 606. The van der Waals surface area contributed by atoms with Crippen LogP contribution in [0.3, 0.4) is 0 Å². The number of ketones is 1. The number of rotatable bonds is 5. The van der Waals surface area contributed by atoms with Crippen molar-refractivity contribution in [2.75, 3.05) is 0 Å². The third-order valence-electron chi connectivity index (χ3n) is 3.15. The van der Waals surface area contributed by atoms with Crippen LogP contribution in [0.2, 0.25) is 0 Å². The highest BCUT2D eigenvalue weighted by atomic mass is 127. The summed E-state index contributed by atoms with van der Waals surface area (Å²) in [6.45, 7) is 4.21. The lowest BCUT2D eigenvalue weighted by molar-refractivity contribution is 0.101. The van der Waals surface area contributed by atoms with Gasteiger partial charge in [-0.25, -0.2) is 0 Å². The highest BCUT2D eigenvalue weighted by Gasteiger charge is 2.11. The molecule has 0 atom stereocenters. The molecule has 0 bridgehead atoms. The number of hydrogen-bond acceptors (Lipinski definition) is 2. The van der Waals surface area contributed by atoms with Crippen LogP contribution in [0.1, 0.15) is 35.3 Å². The van der Waals surface area contributed by atoms with Gasteiger partial charge in [0, 0.05) is 9.13 Å². The van der Waals surface area contributed by atoms with Gasteiger partial charge in [0.15, 0.2) is 5.78 Å².